The highest BCUT2D eigenvalue weighted by atomic mass is 35.5. The molecule has 0 aliphatic heterocycles. The molecule has 1 amide bonds. The van der Waals surface area contributed by atoms with Crippen LogP contribution in [0.25, 0.3) is 0 Å². The average molecular weight is 334 g/mol. The molecule has 4 nitrogen and oxygen atoms in total. The van der Waals surface area contributed by atoms with Gasteiger partial charge in [0.15, 0.2) is 18.9 Å². The van der Waals surface area contributed by atoms with Crippen LogP contribution in [0.3, 0.4) is 0 Å². The molecule has 1 aromatic carbocycles. The Kier molecular flexibility index (Phi) is 7.55. The van der Waals surface area contributed by atoms with Gasteiger partial charge in [-0.25, -0.2) is 4.57 Å². The Morgan fingerprint density at radius 3 is 2.52 bits per heavy atom. The van der Waals surface area contributed by atoms with Gasteiger partial charge >= 0.3 is 0 Å². The minimum Gasteiger partial charge on any atom is -1.00 e. The van der Waals surface area contributed by atoms with Gasteiger partial charge in [0.2, 0.25) is 5.91 Å². The molecule has 5 heteroatoms. The fourth-order valence-electron chi connectivity index (χ4n) is 2.37. The second kappa shape index (κ2) is 9.16. The van der Waals surface area contributed by atoms with Crippen LogP contribution < -0.4 is 27.2 Å². The van der Waals surface area contributed by atoms with Crippen LogP contribution in [-0.2, 0) is 11.3 Å². The van der Waals surface area contributed by atoms with E-state index < -0.39 is 0 Å². The molecule has 0 aliphatic rings. The standard InChI is InChI=1S/C18H23N3O.ClH/c1-4-21(13-12-20-10-8-15(2)9-11-20)18-7-5-6-17(14-18)19-16(3)22;/h5-11,14H,4,12-13H2,1-3H3;1H. The topological polar surface area (TPSA) is 36.2 Å². The second-order valence-corrected chi connectivity index (χ2v) is 5.42. The maximum absolute atomic E-state index is 11.2. The molecule has 0 saturated carbocycles. The molecule has 0 aliphatic carbocycles. The summed E-state index contributed by atoms with van der Waals surface area (Å²) in [6, 6.07) is 12.2. The number of aryl methyl sites for hydroxylation is 1. The van der Waals surface area contributed by atoms with E-state index in [2.05, 4.69) is 59.2 Å². The zero-order valence-corrected chi connectivity index (χ0v) is 14.7. The molecule has 0 spiro atoms. The van der Waals surface area contributed by atoms with Crippen molar-refractivity contribution in [1.82, 2.24) is 0 Å². The molecule has 0 unspecified atom stereocenters. The van der Waals surface area contributed by atoms with Crippen LogP contribution in [0.15, 0.2) is 48.8 Å². The highest BCUT2D eigenvalue weighted by molar-refractivity contribution is 5.89. The fraction of sp³-hybridized carbons (Fsp3) is 0.333. The summed E-state index contributed by atoms with van der Waals surface area (Å²) in [7, 11) is 0. The van der Waals surface area contributed by atoms with Gasteiger partial charge in [0.1, 0.15) is 0 Å². The normalized spacial score (nSPS) is 9.87. The number of rotatable bonds is 6. The van der Waals surface area contributed by atoms with Crippen molar-refractivity contribution in [3.05, 3.63) is 54.4 Å². The summed E-state index contributed by atoms with van der Waals surface area (Å²) in [4.78, 5) is 13.5. The van der Waals surface area contributed by atoms with Crippen molar-refractivity contribution in [2.24, 2.45) is 0 Å². The minimum atomic E-state index is -0.0459. The number of hydrogen-bond acceptors (Lipinski definition) is 2. The summed E-state index contributed by atoms with van der Waals surface area (Å²) in [5.74, 6) is -0.0459. The van der Waals surface area contributed by atoms with Crippen LogP contribution in [0, 0.1) is 6.92 Å². The predicted octanol–water partition coefficient (Wildman–Crippen LogP) is -0.229. The number of benzene rings is 1. The molecule has 0 atom stereocenters. The molecule has 0 radical (unpaired) electrons. The molecule has 2 aromatic rings. The molecular formula is C18H24ClN3O. The van der Waals surface area contributed by atoms with Gasteiger partial charge < -0.3 is 22.6 Å². The van der Waals surface area contributed by atoms with E-state index in [-0.39, 0.29) is 18.3 Å². The molecule has 0 saturated heterocycles. The van der Waals surface area contributed by atoms with E-state index in [9.17, 15) is 4.79 Å². The molecule has 2 rings (SSSR count). The third-order valence-corrected chi connectivity index (χ3v) is 3.60. The summed E-state index contributed by atoms with van der Waals surface area (Å²) in [5, 5.41) is 2.83. The first-order valence-corrected chi connectivity index (χ1v) is 7.67. The maximum Gasteiger partial charge on any atom is 0.221 e. The van der Waals surface area contributed by atoms with E-state index in [1.165, 1.54) is 12.5 Å². The molecular weight excluding hydrogens is 310 g/mol. The SMILES string of the molecule is CCN(CC[n+]1ccc(C)cc1)c1cccc(NC(C)=O)c1.[Cl-]. The Balaban J connectivity index is 0.00000264. The van der Waals surface area contributed by atoms with E-state index in [0.717, 1.165) is 31.0 Å². The van der Waals surface area contributed by atoms with Gasteiger partial charge in [0.05, 0.1) is 6.54 Å². The number of likely N-dealkylation sites (N-methyl/N-ethyl adjacent to an activating group) is 1. The Labute approximate surface area is 144 Å². The van der Waals surface area contributed by atoms with Gasteiger partial charge in [0.25, 0.3) is 0 Å². The maximum atomic E-state index is 11.2. The number of anilines is 2. The minimum absolute atomic E-state index is 0. The second-order valence-electron chi connectivity index (χ2n) is 5.42. The Bertz CT molecular complexity index is 628. The van der Waals surface area contributed by atoms with Gasteiger partial charge in [-0.3, -0.25) is 4.79 Å². The van der Waals surface area contributed by atoms with Crippen molar-refractivity contribution >= 4 is 17.3 Å². The smallest absolute Gasteiger partial charge is 0.221 e. The van der Waals surface area contributed by atoms with Crippen LogP contribution in [-0.4, -0.2) is 19.0 Å². The predicted molar refractivity (Wildman–Crippen MR) is 90.0 cm³/mol. The van der Waals surface area contributed by atoms with E-state index in [1.807, 2.05) is 18.2 Å². The first-order valence-electron chi connectivity index (χ1n) is 7.67. The van der Waals surface area contributed by atoms with Crippen molar-refractivity contribution in [3.8, 4) is 0 Å². The highest BCUT2D eigenvalue weighted by Gasteiger charge is 2.08. The van der Waals surface area contributed by atoms with E-state index in [1.54, 1.807) is 0 Å². The molecule has 1 aromatic heterocycles. The zero-order chi connectivity index (χ0) is 15.9. The third kappa shape index (κ3) is 5.91. The number of carbonyl (C=O) groups excluding carboxylic acids is 1. The Hall–Kier alpha value is -2.07. The van der Waals surface area contributed by atoms with Crippen LogP contribution in [0.4, 0.5) is 11.4 Å². The van der Waals surface area contributed by atoms with Gasteiger partial charge in [-0.05, 0) is 37.6 Å². The summed E-state index contributed by atoms with van der Waals surface area (Å²) in [6.45, 7) is 8.54. The van der Waals surface area contributed by atoms with Crippen LogP contribution in [0.5, 0.6) is 0 Å². The number of aromatic nitrogens is 1. The molecule has 23 heavy (non-hydrogen) atoms. The first-order chi connectivity index (χ1) is 10.6. The number of amides is 1. The fourth-order valence-corrected chi connectivity index (χ4v) is 2.37. The Morgan fingerprint density at radius 2 is 1.91 bits per heavy atom. The van der Waals surface area contributed by atoms with Crippen molar-refractivity contribution in [1.29, 1.82) is 0 Å². The number of pyridine rings is 1. The number of hydrogen-bond donors (Lipinski definition) is 1. The van der Waals surface area contributed by atoms with Crippen molar-refractivity contribution in [3.63, 3.8) is 0 Å². The first kappa shape index (κ1) is 19.0. The molecule has 124 valence electrons. The number of carbonyl (C=O) groups is 1. The van der Waals surface area contributed by atoms with Gasteiger partial charge in [0, 0.05) is 37.0 Å². The van der Waals surface area contributed by atoms with E-state index in [0.29, 0.717) is 0 Å². The summed E-state index contributed by atoms with van der Waals surface area (Å²) in [5.41, 5.74) is 3.24. The largest absolute Gasteiger partial charge is 1.00 e. The van der Waals surface area contributed by atoms with E-state index >= 15 is 0 Å². The highest BCUT2D eigenvalue weighted by Crippen LogP contribution is 2.19. The lowest BCUT2D eigenvalue weighted by Crippen LogP contribution is -3.00. The summed E-state index contributed by atoms with van der Waals surface area (Å²) >= 11 is 0. The number of halogens is 1. The lowest BCUT2D eigenvalue weighted by Gasteiger charge is -2.22. The third-order valence-electron chi connectivity index (χ3n) is 3.60. The molecule has 0 fully saturated rings. The monoisotopic (exact) mass is 333 g/mol. The van der Waals surface area contributed by atoms with Crippen LogP contribution in [0.1, 0.15) is 19.4 Å². The number of nitrogens with one attached hydrogen (secondary N) is 1. The summed E-state index contributed by atoms with van der Waals surface area (Å²) in [6.07, 6.45) is 4.22. The molecule has 1 N–H and O–H groups in total. The van der Waals surface area contributed by atoms with Crippen LogP contribution in [0.2, 0.25) is 0 Å². The lowest BCUT2D eigenvalue weighted by molar-refractivity contribution is -0.694. The summed E-state index contributed by atoms with van der Waals surface area (Å²) < 4.78 is 2.19. The van der Waals surface area contributed by atoms with Crippen molar-refractivity contribution < 1.29 is 21.8 Å². The quantitative estimate of drug-likeness (QED) is 0.742. The molecule has 1 heterocycles. The zero-order valence-electron chi connectivity index (χ0n) is 13.9. The van der Waals surface area contributed by atoms with Crippen molar-refractivity contribution in [2.75, 3.05) is 23.3 Å². The number of nitrogens with zero attached hydrogens (tertiary/aromatic N) is 2. The van der Waals surface area contributed by atoms with Crippen LogP contribution >= 0.6 is 0 Å². The lowest BCUT2D eigenvalue weighted by atomic mass is 10.2. The van der Waals surface area contributed by atoms with Gasteiger partial charge in [-0.1, -0.05) is 6.07 Å². The van der Waals surface area contributed by atoms with Gasteiger partial charge in [-0.2, -0.15) is 0 Å². The average Bonchev–Trinajstić information content (AvgIpc) is 2.49. The van der Waals surface area contributed by atoms with Gasteiger partial charge in [-0.15, -0.1) is 0 Å². The van der Waals surface area contributed by atoms with E-state index in [4.69, 9.17) is 0 Å². The molecule has 0 bridgehead atoms. The van der Waals surface area contributed by atoms with Crippen molar-refractivity contribution in [2.45, 2.75) is 27.3 Å². The Morgan fingerprint density at radius 1 is 1.22 bits per heavy atom.